The summed E-state index contributed by atoms with van der Waals surface area (Å²) in [7, 11) is 5.33. The summed E-state index contributed by atoms with van der Waals surface area (Å²) in [6, 6.07) is 2.88. The standard InChI is InChI=1S/C14H20FN5O2/c1-5-10-8-12(20-14(21)19(4)16-17-20)13(9-11(10)15)22-7-6-18(2)3/h8-9H,5-7H2,1-4H3. The van der Waals surface area contributed by atoms with Crippen molar-refractivity contribution in [2.24, 2.45) is 7.05 Å². The number of hydrogen-bond acceptors (Lipinski definition) is 5. The Balaban J connectivity index is 2.44. The number of halogens is 1. The molecule has 2 rings (SSSR count). The van der Waals surface area contributed by atoms with Gasteiger partial charge in [0, 0.05) is 19.7 Å². The minimum Gasteiger partial charge on any atom is -0.490 e. The molecule has 8 heteroatoms. The molecular formula is C14H20FN5O2. The van der Waals surface area contributed by atoms with Gasteiger partial charge in [-0.05, 0) is 42.6 Å². The lowest BCUT2D eigenvalue weighted by Gasteiger charge is -2.14. The molecule has 0 atom stereocenters. The fourth-order valence-electron chi connectivity index (χ4n) is 1.94. The van der Waals surface area contributed by atoms with Crippen molar-refractivity contribution in [1.82, 2.24) is 24.7 Å². The van der Waals surface area contributed by atoms with E-state index in [1.165, 1.54) is 13.1 Å². The summed E-state index contributed by atoms with van der Waals surface area (Å²) < 4.78 is 21.9. The fourth-order valence-corrected chi connectivity index (χ4v) is 1.94. The highest BCUT2D eigenvalue weighted by Gasteiger charge is 2.16. The molecule has 0 saturated heterocycles. The summed E-state index contributed by atoms with van der Waals surface area (Å²) in [5, 5.41) is 7.48. The van der Waals surface area contributed by atoms with Crippen LogP contribution in [0.15, 0.2) is 16.9 Å². The number of ether oxygens (including phenoxy) is 1. The zero-order valence-corrected chi connectivity index (χ0v) is 13.2. The zero-order valence-electron chi connectivity index (χ0n) is 13.2. The van der Waals surface area contributed by atoms with Gasteiger partial charge in [-0.3, -0.25) is 0 Å². The van der Waals surface area contributed by atoms with Gasteiger partial charge in [0.25, 0.3) is 0 Å². The zero-order chi connectivity index (χ0) is 16.3. The molecule has 0 radical (unpaired) electrons. The molecule has 120 valence electrons. The van der Waals surface area contributed by atoms with Crippen LogP contribution in [0, 0.1) is 5.82 Å². The third-order valence-electron chi connectivity index (χ3n) is 3.25. The second-order valence-corrected chi connectivity index (χ2v) is 5.21. The van der Waals surface area contributed by atoms with Gasteiger partial charge in [0.05, 0.1) is 0 Å². The van der Waals surface area contributed by atoms with Crippen molar-refractivity contribution in [3.63, 3.8) is 0 Å². The fraction of sp³-hybridized carbons (Fsp3) is 0.500. The molecule has 0 saturated carbocycles. The highest BCUT2D eigenvalue weighted by Crippen LogP contribution is 2.25. The molecule has 0 N–H and O–H groups in total. The maximum atomic E-state index is 14.0. The molecule has 0 amide bonds. The van der Waals surface area contributed by atoms with Crippen LogP contribution < -0.4 is 10.4 Å². The van der Waals surface area contributed by atoms with E-state index in [0.29, 0.717) is 30.8 Å². The number of aromatic nitrogens is 4. The molecule has 1 aromatic carbocycles. The van der Waals surface area contributed by atoms with Crippen LogP contribution in [0.3, 0.4) is 0 Å². The number of aryl methyl sites for hydroxylation is 2. The lowest BCUT2D eigenvalue weighted by molar-refractivity contribution is 0.259. The molecule has 0 aliphatic heterocycles. The topological polar surface area (TPSA) is 65.2 Å². The quantitative estimate of drug-likeness (QED) is 0.782. The van der Waals surface area contributed by atoms with Crippen LogP contribution in [0.25, 0.3) is 5.69 Å². The largest absolute Gasteiger partial charge is 0.490 e. The second-order valence-electron chi connectivity index (χ2n) is 5.21. The molecule has 0 spiro atoms. The summed E-state index contributed by atoms with van der Waals surface area (Å²) in [5.41, 5.74) is 0.480. The van der Waals surface area contributed by atoms with Crippen molar-refractivity contribution in [3.05, 3.63) is 34.0 Å². The summed E-state index contributed by atoms with van der Waals surface area (Å²) in [6.07, 6.45) is 0.506. The third-order valence-corrected chi connectivity index (χ3v) is 3.25. The van der Waals surface area contributed by atoms with Gasteiger partial charge in [-0.1, -0.05) is 6.92 Å². The maximum absolute atomic E-state index is 14.0. The average Bonchev–Trinajstić information content (AvgIpc) is 2.79. The van der Waals surface area contributed by atoms with Gasteiger partial charge >= 0.3 is 5.69 Å². The van der Waals surface area contributed by atoms with Crippen molar-refractivity contribution in [2.75, 3.05) is 27.2 Å². The van der Waals surface area contributed by atoms with Gasteiger partial charge < -0.3 is 9.64 Å². The van der Waals surface area contributed by atoms with Gasteiger partial charge in [-0.15, -0.1) is 0 Å². The van der Waals surface area contributed by atoms with Crippen LogP contribution in [0.5, 0.6) is 5.75 Å². The van der Waals surface area contributed by atoms with Crippen LogP contribution in [0.4, 0.5) is 4.39 Å². The SMILES string of the molecule is CCc1cc(-n2nnn(C)c2=O)c(OCCN(C)C)cc1F. The summed E-state index contributed by atoms with van der Waals surface area (Å²) in [6.45, 7) is 2.89. The minimum atomic E-state index is -0.411. The first-order chi connectivity index (χ1) is 10.4. The van der Waals surface area contributed by atoms with E-state index in [2.05, 4.69) is 10.4 Å². The maximum Gasteiger partial charge on any atom is 0.368 e. The monoisotopic (exact) mass is 309 g/mol. The molecule has 1 aromatic heterocycles. The normalized spacial score (nSPS) is 11.2. The van der Waals surface area contributed by atoms with Crippen molar-refractivity contribution < 1.29 is 9.13 Å². The van der Waals surface area contributed by atoms with Crippen LogP contribution in [-0.4, -0.2) is 51.9 Å². The van der Waals surface area contributed by atoms with Gasteiger partial charge in [-0.25, -0.2) is 9.18 Å². The van der Waals surface area contributed by atoms with Gasteiger partial charge in [0.15, 0.2) is 0 Å². The first-order valence-electron chi connectivity index (χ1n) is 7.03. The van der Waals surface area contributed by atoms with E-state index in [9.17, 15) is 9.18 Å². The number of tetrazole rings is 1. The molecule has 0 fully saturated rings. The van der Waals surface area contributed by atoms with E-state index in [0.717, 1.165) is 9.36 Å². The van der Waals surface area contributed by atoms with E-state index < -0.39 is 5.69 Å². The Bertz CT molecular complexity index is 708. The Hall–Kier alpha value is -2.22. The molecular weight excluding hydrogens is 289 g/mol. The van der Waals surface area contributed by atoms with Crippen LogP contribution >= 0.6 is 0 Å². The predicted octanol–water partition coefficient (Wildman–Crippen LogP) is 0.608. The van der Waals surface area contributed by atoms with Gasteiger partial charge in [-0.2, -0.15) is 9.36 Å². The lowest BCUT2D eigenvalue weighted by atomic mass is 10.1. The second kappa shape index (κ2) is 6.69. The molecule has 22 heavy (non-hydrogen) atoms. The summed E-state index contributed by atoms with van der Waals surface area (Å²) in [5.74, 6) is -0.0813. The van der Waals surface area contributed by atoms with Crippen molar-refractivity contribution >= 4 is 0 Å². The molecule has 1 heterocycles. The molecule has 0 aliphatic rings. The van der Waals surface area contributed by atoms with Crippen LogP contribution in [0.2, 0.25) is 0 Å². The lowest BCUT2D eigenvalue weighted by Crippen LogP contribution is -2.24. The number of nitrogens with zero attached hydrogens (tertiary/aromatic N) is 5. The minimum absolute atomic E-state index is 0.277. The smallest absolute Gasteiger partial charge is 0.368 e. The molecule has 0 bridgehead atoms. The first-order valence-corrected chi connectivity index (χ1v) is 7.03. The molecule has 0 unspecified atom stereocenters. The highest BCUT2D eigenvalue weighted by molar-refractivity contribution is 5.49. The summed E-state index contributed by atoms with van der Waals surface area (Å²) in [4.78, 5) is 14.0. The number of hydrogen-bond donors (Lipinski definition) is 0. The molecule has 2 aromatic rings. The van der Waals surface area contributed by atoms with E-state index in [1.807, 2.05) is 25.9 Å². The predicted molar refractivity (Wildman–Crippen MR) is 80.0 cm³/mol. The number of likely N-dealkylation sites (N-methyl/N-ethyl adjacent to an activating group) is 1. The Kier molecular flexibility index (Phi) is 4.92. The summed E-state index contributed by atoms with van der Waals surface area (Å²) >= 11 is 0. The Morgan fingerprint density at radius 1 is 1.32 bits per heavy atom. The van der Waals surface area contributed by atoms with E-state index in [1.54, 1.807) is 6.07 Å². The van der Waals surface area contributed by atoms with E-state index in [-0.39, 0.29) is 11.6 Å². The van der Waals surface area contributed by atoms with E-state index >= 15 is 0 Å². The Labute approximate surface area is 127 Å². The average molecular weight is 309 g/mol. The van der Waals surface area contributed by atoms with Crippen LogP contribution in [0.1, 0.15) is 12.5 Å². The number of rotatable bonds is 6. The molecule has 7 nitrogen and oxygen atoms in total. The van der Waals surface area contributed by atoms with E-state index in [4.69, 9.17) is 4.74 Å². The van der Waals surface area contributed by atoms with Crippen molar-refractivity contribution in [2.45, 2.75) is 13.3 Å². The Morgan fingerprint density at radius 2 is 2.05 bits per heavy atom. The van der Waals surface area contributed by atoms with Crippen molar-refractivity contribution in [3.8, 4) is 11.4 Å². The van der Waals surface area contributed by atoms with Crippen molar-refractivity contribution in [1.29, 1.82) is 0 Å². The molecule has 0 aliphatic carbocycles. The number of benzene rings is 1. The van der Waals surface area contributed by atoms with Gasteiger partial charge in [0.1, 0.15) is 23.9 Å². The first kappa shape index (κ1) is 16.2. The highest BCUT2D eigenvalue weighted by atomic mass is 19.1. The van der Waals surface area contributed by atoms with Crippen LogP contribution in [-0.2, 0) is 13.5 Å². The third kappa shape index (κ3) is 3.33. The Morgan fingerprint density at radius 3 is 2.59 bits per heavy atom. The van der Waals surface area contributed by atoms with Gasteiger partial charge in [0.2, 0.25) is 0 Å².